The molecule has 0 aromatic carbocycles. The molecule has 0 amide bonds. The molecule has 0 aromatic rings. The maximum atomic E-state index is 12.4. The maximum Gasteiger partial charge on any atom is 0.338 e. The van der Waals surface area contributed by atoms with E-state index in [9.17, 15) is 8.78 Å². The standard InChI is InChI=1S/C7H13ClF2N2/c1-2-3-4-5-6(12-11)7(8,9)10/h2,6,12H,1,3-5,11H2. The van der Waals surface area contributed by atoms with Gasteiger partial charge in [0.2, 0.25) is 0 Å². The summed E-state index contributed by atoms with van der Waals surface area (Å²) in [6.07, 6.45) is 3.19. The lowest BCUT2D eigenvalue weighted by molar-refractivity contribution is 0.0460. The van der Waals surface area contributed by atoms with E-state index < -0.39 is 11.4 Å². The Hall–Kier alpha value is -0.190. The highest BCUT2D eigenvalue weighted by Crippen LogP contribution is 2.26. The Morgan fingerprint density at radius 2 is 2.25 bits per heavy atom. The van der Waals surface area contributed by atoms with Crippen molar-refractivity contribution >= 4 is 11.6 Å². The van der Waals surface area contributed by atoms with Gasteiger partial charge in [-0.1, -0.05) is 6.08 Å². The smallest absolute Gasteiger partial charge is 0.271 e. The second-order valence-electron chi connectivity index (χ2n) is 2.48. The molecule has 0 bridgehead atoms. The lowest BCUT2D eigenvalue weighted by atomic mass is 10.1. The number of rotatable bonds is 6. The molecule has 0 heterocycles. The fraction of sp³-hybridized carbons (Fsp3) is 0.714. The van der Waals surface area contributed by atoms with Gasteiger partial charge in [-0.25, -0.2) is 5.43 Å². The molecule has 5 heteroatoms. The average Bonchev–Trinajstić information content (AvgIpc) is 1.95. The topological polar surface area (TPSA) is 38.0 Å². The molecule has 0 spiro atoms. The summed E-state index contributed by atoms with van der Waals surface area (Å²) in [4.78, 5) is 0. The molecule has 0 rings (SSSR count). The van der Waals surface area contributed by atoms with Crippen molar-refractivity contribution in [3.63, 3.8) is 0 Å². The van der Waals surface area contributed by atoms with Crippen LogP contribution in [0.1, 0.15) is 19.3 Å². The van der Waals surface area contributed by atoms with Gasteiger partial charge in [0.1, 0.15) is 0 Å². The third-order valence-electron chi connectivity index (χ3n) is 1.50. The summed E-state index contributed by atoms with van der Waals surface area (Å²) in [6, 6.07) is -1.17. The number of nitrogens with one attached hydrogen (secondary N) is 1. The lowest BCUT2D eigenvalue weighted by Gasteiger charge is -2.19. The molecule has 0 saturated carbocycles. The van der Waals surface area contributed by atoms with E-state index in [0.717, 1.165) is 0 Å². The highest BCUT2D eigenvalue weighted by atomic mass is 35.5. The van der Waals surface area contributed by atoms with E-state index in [0.29, 0.717) is 12.8 Å². The molecule has 0 aromatic heterocycles. The first-order chi connectivity index (χ1) is 5.52. The molecule has 2 nitrogen and oxygen atoms in total. The van der Waals surface area contributed by atoms with Crippen LogP contribution in [0.15, 0.2) is 12.7 Å². The number of allylic oxidation sites excluding steroid dienone is 1. The second-order valence-corrected chi connectivity index (χ2v) is 2.98. The zero-order chi connectivity index (χ0) is 9.61. The van der Waals surface area contributed by atoms with E-state index in [2.05, 4.69) is 6.58 Å². The summed E-state index contributed by atoms with van der Waals surface area (Å²) in [7, 11) is 0. The Labute approximate surface area is 75.7 Å². The molecule has 12 heavy (non-hydrogen) atoms. The average molecular weight is 199 g/mol. The van der Waals surface area contributed by atoms with Gasteiger partial charge in [0.25, 0.3) is 0 Å². The monoisotopic (exact) mass is 198 g/mol. The number of hydrogen-bond acceptors (Lipinski definition) is 2. The van der Waals surface area contributed by atoms with Crippen molar-refractivity contribution in [2.45, 2.75) is 30.7 Å². The van der Waals surface area contributed by atoms with Crippen molar-refractivity contribution in [3.05, 3.63) is 12.7 Å². The Morgan fingerprint density at radius 3 is 2.58 bits per heavy atom. The fourth-order valence-electron chi connectivity index (χ4n) is 0.808. The van der Waals surface area contributed by atoms with Crippen molar-refractivity contribution in [2.75, 3.05) is 0 Å². The minimum atomic E-state index is -3.28. The minimum absolute atomic E-state index is 0.235. The van der Waals surface area contributed by atoms with Gasteiger partial charge < -0.3 is 0 Å². The van der Waals surface area contributed by atoms with Gasteiger partial charge in [-0.2, -0.15) is 8.78 Å². The fourth-order valence-corrected chi connectivity index (χ4v) is 0.980. The Balaban J connectivity index is 3.75. The van der Waals surface area contributed by atoms with Crippen molar-refractivity contribution in [1.82, 2.24) is 5.43 Å². The summed E-state index contributed by atoms with van der Waals surface area (Å²) in [5, 5.41) is -3.28. The van der Waals surface area contributed by atoms with Crippen molar-refractivity contribution < 1.29 is 8.78 Å². The number of alkyl halides is 3. The van der Waals surface area contributed by atoms with Crippen LogP contribution >= 0.6 is 11.6 Å². The van der Waals surface area contributed by atoms with Crippen molar-refractivity contribution in [2.24, 2.45) is 5.84 Å². The first-order valence-corrected chi connectivity index (χ1v) is 4.04. The molecule has 1 unspecified atom stereocenters. The zero-order valence-electron chi connectivity index (χ0n) is 6.69. The first kappa shape index (κ1) is 11.8. The van der Waals surface area contributed by atoms with Crippen LogP contribution in [0, 0.1) is 0 Å². The van der Waals surface area contributed by atoms with E-state index in [1.54, 1.807) is 6.08 Å². The molecular weight excluding hydrogens is 186 g/mol. The third kappa shape index (κ3) is 4.64. The number of hydrogen-bond donors (Lipinski definition) is 2. The number of halogens is 3. The van der Waals surface area contributed by atoms with Crippen LogP contribution in [0.2, 0.25) is 0 Å². The minimum Gasteiger partial charge on any atom is -0.271 e. The van der Waals surface area contributed by atoms with Crippen LogP contribution in [0.25, 0.3) is 0 Å². The summed E-state index contributed by atoms with van der Waals surface area (Å²) in [5.41, 5.74) is 1.98. The number of hydrazine groups is 1. The zero-order valence-corrected chi connectivity index (χ0v) is 7.45. The summed E-state index contributed by atoms with van der Waals surface area (Å²) in [6.45, 7) is 3.47. The van der Waals surface area contributed by atoms with Crippen molar-refractivity contribution in [1.29, 1.82) is 0 Å². The molecule has 0 aliphatic heterocycles. The molecular formula is C7H13ClF2N2. The van der Waals surface area contributed by atoms with Gasteiger partial charge in [-0.05, 0) is 30.9 Å². The van der Waals surface area contributed by atoms with Crippen LogP contribution in [0.4, 0.5) is 8.78 Å². The van der Waals surface area contributed by atoms with Gasteiger partial charge in [0.05, 0.1) is 6.04 Å². The maximum absolute atomic E-state index is 12.4. The second kappa shape index (κ2) is 5.45. The van der Waals surface area contributed by atoms with Gasteiger partial charge in [-0.3, -0.25) is 5.84 Å². The van der Waals surface area contributed by atoms with Gasteiger partial charge in [0, 0.05) is 0 Å². The molecule has 0 saturated heterocycles. The number of nitrogens with two attached hydrogens (primary N) is 1. The molecule has 1 atom stereocenters. The molecule has 3 N–H and O–H groups in total. The molecule has 0 fully saturated rings. The van der Waals surface area contributed by atoms with E-state index in [-0.39, 0.29) is 6.42 Å². The van der Waals surface area contributed by atoms with Crippen molar-refractivity contribution in [3.8, 4) is 0 Å². The first-order valence-electron chi connectivity index (χ1n) is 3.66. The normalized spacial score (nSPS) is 14.3. The summed E-state index contributed by atoms with van der Waals surface area (Å²) < 4.78 is 24.8. The van der Waals surface area contributed by atoms with Crippen LogP contribution in [-0.2, 0) is 0 Å². The van der Waals surface area contributed by atoms with E-state index in [4.69, 9.17) is 17.4 Å². The Bertz CT molecular complexity index is 136. The largest absolute Gasteiger partial charge is 0.338 e. The van der Waals surface area contributed by atoms with Gasteiger partial charge in [-0.15, -0.1) is 6.58 Å². The van der Waals surface area contributed by atoms with Crippen LogP contribution in [-0.4, -0.2) is 11.4 Å². The number of unbranched alkanes of at least 4 members (excludes halogenated alkanes) is 1. The Kier molecular flexibility index (Phi) is 5.37. The summed E-state index contributed by atoms with van der Waals surface area (Å²) >= 11 is 4.78. The van der Waals surface area contributed by atoms with E-state index >= 15 is 0 Å². The van der Waals surface area contributed by atoms with E-state index in [1.807, 2.05) is 5.43 Å². The predicted octanol–water partition coefficient (Wildman–Crippen LogP) is 2.01. The molecule has 0 radical (unpaired) electrons. The highest BCUT2D eigenvalue weighted by Gasteiger charge is 2.35. The van der Waals surface area contributed by atoms with Gasteiger partial charge >= 0.3 is 5.38 Å². The highest BCUT2D eigenvalue weighted by molar-refractivity contribution is 6.22. The van der Waals surface area contributed by atoms with E-state index in [1.165, 1.54) is 0 Å². The quantitative estimate of drug-likeness (QED) is 0.225. The third-order valence-corrected chi connectivity index (χ3v) is 1.76. The summed E-state index contributed by atoms with van der Waals surface area (Å²) in [5.74, 6) is 4.90. The molecule has 0 aliphatic rings. The molecule has 72 valence electrons. The predicted molar refractivity (Wildman–Crippen MR) is 46.0 cm³/mol. The van der Waals surface area contributed by atoms with Gasteiger partial charge in [0.15, 0.2) is 0 Å². The van der Waals surface area contributed by atoms with Crippen LogP contribution in [0.3, 0.4) is 0 Å². The Morgan fingerprint density at radius 1 is 1.67 bits per heavy atom. The SMILES string of the molecule is C=CCCCC(NN)C(F)(F)Cl. The van der Waals surface area contributed by atoms with Crippen LogP contribution < -0.4 is 11.3 Å². The lowest BCUT2D eigenvalue weighted by Crippen LogP contribution is -2.45. The van der Waals surface area contributed by atoms with Crippen LogP contribution in [0.5, 0.6) is 0 Å². The molecule has 0 aliphatic carbocycles.